The Morgan fingerprint density at radius 3 is 2.92 bits per heavy atom. The molecule has 4 nitrogen and oxygen atoms in total. The Morgan fingerprint density at radius 2 is 2.42 bits per heavy atom. The van der Waals surface area contributed by atoms with E-state index < -0.39 is 0 Å². The maximum Gasteiger partial charge on any atom is 0.206 e. The third kappa shape index (κ3) is 1.23. The Morgan fingerprint density at radius 1 is 1.58 bits per heavy atom. The minimum absolute atomic E-state index is 0.464. The third-order valence-corrected chi connectivity index (χ3v) is 2.51. The number of halogens is 1. The number of nitrogens with two attached hydrogens (primary N) is 1. The van der Waals surface area contributed by atoms with Crippen LogP contribution >= 0.6 is 27.3 Å². The average molecular weight is 245 g/mol. The van der Waals surface area contributed by atoms with Crippen LogP contribution in [0.1, 0.15) is 0 Å². The van der Waals surface area contributed by atoms with Gasteiger partial charge in [-0.25, -0.2) is 4.98 Å². The van der Waals surface area contributed by atoms with Gasteiger partial charge in [0.25, 0.3) is 0 Å². The molecule has 2 rings (SSSR count). The van der Waals surface area contributed by atoms with Gasteiger partial charge in [0.05, 0.1) is 11.7 Å². The summed E-state index contributed by atoms with van der Waals surface area (Å²) in [5.74, 6) is 0.464. The highest BCUT2D eigenvalue weighted by molar-refractivity contribution is 9.10. The molecule has 12 heavy (non-hydrogen) atoms. The van der Waals surface area contributed by atoms with Crippen molar-refractivity contribution in [3.63, 3.8) is 0 Å². The first-order valence-electron chi connectivity index (χ1n) is 3.16. The van der Waals surface area contributed by atoms with Crippen LogP contribution in [-0.2, 0) is 0 Å². The SMILES string of the molecule is Nc1nc(Br)cn1-c1cncs1. The standard InChI is InChI=1S/C6H5BrN4S/c7-4-2-11(6(8)10-4)5-1-9-3-12-5/h1-3H,(H2,8,10). The molecule has 2 aromatic rings. The molecule has 2 aromatic heterocycles. The fourth-order valence-corrected chi connectivity index (χ4v) is 1.87. The van der Waals surface area contributed by atoms with E-state index in [4.69, 9.17) is 5.73 Å². The Labute approximate surface area is 81.2 Å². The van der Waals surface area contributed by atoms with Crippen LogP contribution in [-0.4, -0.2) is 14.5 Å². The summed E-state index contributed by atoms with van der Waals surface area (Å²) in [4.78, 5) is 7.95. The summed E-state index contributed by atoms with van der Waals surface area (Å²) in [5.41, 5.74) is 7.39. The molecular formula is C6H5BrN4S. The number of imidazole rings is 1. The Hall–Kier alpha value is -0.880. The van der Waals surface area contributed by atoms with Crippen molar-refractivity contribution in [1.82, 2.24) is 14.5 Å². The van der Waals surface area contributed by atoms with Gasteiger partial charge in [0.1, 0.15) is 9.60 Å². The zero-order valence-electron chi connectivity index (χ0n) is 5.94. The fraction of sp³-hybridized carbons (Fsp3) is 0. The molecule has 2 N–H and O–H groups in total. The van der Waals surface area contributed by atoms with Crippen LogP contribution in [0.25, 0.3) is 5.00 Å². The van der Waals surface area contributed by atoms with Crippen molar-refractivity contribution < 1.29 is 0 Å². The molecule has 0 radical (unpaired) electrons. The normalized spacial score (nSPS) is 10.4. The van der Waals surface area contributed by atoms with Gasteiger partial charge in [-0.1, -0.05) is 0 Å². The van der Waals surface area contributed by atoms with Crippen LogP contribution in [0.2, 0.25) is 0 Å². The molecule has 6 heteroatoms. The summed E-state index contributed by atoms with van der Waals surface area (Å²) < 4.78 is 2.51. The first-order chi connectivity index (χ1) is 5.77. The van der Waals surface area contributed by atoms with Gasteiger partial charge in [-0.05, 0) is 15.9 Å². The van der Waals surface area contributed by atoms with Gasteiger partial charge in [-0.3, -0.25) is 9.55 Å². The van der Waals surface area contributed by atoms with E-state index in [1.54, 1.807) is 16.3 Å². The van der Waals surface area contributed by atoms with Crippen LogP contribution in [0.5, 0.6) is 0 Å². The number of thiazole rings is 1. The molecule has 0 atom stereocenters. The summed E-state index contributed by atoms with van der Waals surface area (Å²) in [6, 6.07) is 0. The van der Waals surface area contributed by atoms with E-state index >= 15 is 0 Å². The molecule has 0 bridgehead atoms. The fourth-order valence-electron chi connectivity index (χ4n) is 0.869. The van der Waals surface area contributed by atoms with Gasteiger partial charge in [0.2, 0.25) is 5.95 Å². The van der Waals surface area contributed by atoms with Gasteiger partial charge < -0.3 is 5.73 Å². The molecule has 0 fully saturated rings. The number of hydrogen-bond donors (Lipinski definition) is 1. The highest BCUT2D eigenvalue weighted by Gasteiger charge is 2.04. The predicted octanol–water partition coefficient (Wildman–Crippen LogP) is 1.67. The maximum atomic E-state index is 5.63. The number of nitrogens with zero attached hydrogens (tertiary/aromatic N) is 3. The molecule has 0 saturated carbocycles. The smallest absolute Gasteiger partial charge is 0.206 e. The second-order valence-corrected chi connectivity index (χ2v) is 3.81. The second kappa shape index (κ2) is 2.87. The van der Waals surface area contributed by atoms with Crippen LogP contribution in [0, 0.1) is 0 Å². The van der Waals surface area contributed by atoms with Crippen LogP contribution in [0.15, 0.2) is 22.5 Å². The lowest BCUT2D eigenvalue weighted by Gasteiger charge is -1.96. The van der Waals surface area contributed by atoms with Crippen LogP contribution < -0.4 is 5.73 Å². The largest absolute Gasteiger partial charge is 0.369 e. The monoisotopic (exact) mass is 244 g/mol. The molecule has 0 spiro atoms. The quantitative estimate of drug-likeness (QED) is 0.831. The molecule has 62 valence electrons. The van der Waals surface area contributed by atoms with Crippen molar-refractivity contribution in [3.05, 3.63) is 22.5 Å². The number of aromatic nitrogens is 3. The van der Waals surface area contributed by atoms with Crippen molar-refractivity contribution >= 4 is 33.2 Å². The molecular weight excluding hydrogens is 240 g/mol. The third-order valence-electron chi connectivity index (χ3n) is 1.36. The summed E-state index contributed by atoms with van der Waals surface area (Å²) in [5, 5.41) is 0.964. The zero-order chi connectivity index (χ0) is 8.55. The van der Waals surface area contributed by atoms with Gasteiger partial charge >= 0.3 is 0 Å². The van der Waals surface area contributed by atoms with E-state index in [1.807, 2.05) is 6.20 Å². The van der Waals surface area contributed by atoms with Crippen molar-refractivity contribution in [2.75, 3.05) is 5.73 Å². The number of anilines is 1. The zero-order valence-corrected chi connectivity index (χ0v) is 8.34. The highest BCUT2D eigenvalue weighted by atomic mass is 79.9. The second-order valence-electron chi connectivity index (χ2n) is 2.13. The molecule has 0 unspecified atom stereocenters. The summed E-state index contributed by atoms with van der Waals surface area (Å²) in [7, 11) is 0. The maximum absolute atomic E-state index is 5.63. The van der Waals surface area contributed by atoms with Crippen molar-refractivity contribution in [2.45, 2.75) is 0 Å². The number of rotatable bonds is 1. The highest BCUT2D eigenvalue weighted by Crippen LogP contribution is 2.19. The molecule has 0 aliphatic rings. The van der Waals surface area contributed by atoms with Crippen molar-refractivity contribution in [3.8, 4) is 5.00 Å². The summed E-state index contributed by atoms with van der Waals surface area (Å²) >= 11 is 4.76. The van der Waals surface area contributed by atoms with Crippen LogP contribution in [0.3, 0.4) is 0 Å². The molecule has 0 saturated heterocycles. The van der Waals surface area contributed by atoms with Gasteiger partial charge in [0.15, 0.2) is 0 Å². The van der Waals surface area contributed by atoms with E-state index in [9.17, 15) is 0 Å². The minimum Gasteiger partial charge on any atom is -0.369 e. The van der Waals surface area contributed by atoms with E-state index in [-0.39, 0.29) is 0 Å². The molecule has 0 aliphatic carbocycles. The van der Waals surface area contributed by atoms with E-state index in [0.29, 0.717) is 5.95 Å². The van der Waals surface area contributed by atoms with E-state index in [2.05, 4.69) is 25.9 Å². The Kier molecular flexibility index (Phi) is 1.86. The Balaban J connectivity index is 2.54. The van der Waals surface area contributed by atoms with E-state index in [1.165, 1.54) is 11.3 Å². The minimum atomic E-state index is 0.464. The number of nitrogen functional groups attached to an aromatic ring is 1. The topological polar surface area (TPSA) is 56.7 Å². The number of hydrogen-bond acceptors (Lipinski definition) is 4. The lowest BCUT2D eigenvalue weighted by molar-refractivity contribution is 1.09. The van der Waals surface area contributed by atoms with Crippen LogP contribution in [0.4, 0.5) is 5.95 Å². The summed E-state index contributed by atoms with van der Waals surface area (Å²) in [6.45, 7) is 0. The van der Waals surface area contributed by atoms with Gasteiger partial charge in [-0.15, -0.1) is 11.3 Å². The lowest BCUT2D eigenvalue weighted by atomic mass is 10.7. The summed E-state index contributed by atoms with van der Waals surface area (Å²) in [6.07, 6.45) is 3.55. The first kappa shape index (κ1) is 7.75. The first-order valence-corrected chi connectivity index (χ1v) is 4.84. The van der Waals surface area contributed by atoms with Gasteiger partial charge in [-0.2, -0.15) is 0 Å². The lowest BCUT2D eigenvalue weighted by Crippen LogP contribution is -1.96. The molecule has 0 amide bonds. The molecule has 2 heterocycles. The Bertz CT molecular complexity index is 380. The molecule has 0 aromatic carbocycles. The van der Waals surface area contributed by atoms with Gasteiger partial charge in [0, 0.05) is 6.20 Å². The van der Waals surface area contributed by atoms with Crippen molar-refractivity contribution in [2.24, 2.45) is 0 Å². The predicted molar refractivity (Wildman–Crippen MR) is 51.3 cm³/mol. The van der Waals surface area contributed by atoms with Crippen molar-refractivity contribution in [1.29, 1.82) is 0 Å². The van der Waals surface area contributed by atoms with E-state index in [0.717, 1.165) is 9.60 Å². The average Bonchev–Trinajstić information content (AvgIpc) is 2.58. The molecule has 0 aliphatic heterocycles.